The van der Waals surface area contributed by atoms with Crippen LogP contribution in [0.25, 0.3) is 34.3 Å². The molecular weight excluding hydrogens is 1010 g/mol. The van der Waals surface area contributed by atoms with E-state index in [0.717, 1.165) is 16.7 Å². The van der Waals surface area contributed by atoms with Crippen LogP contribution < -0.4 is 16.4 Å². The fourth-order valence-electron chi connectivity index (χ4n) is 5.87. The summed E-state index contributed by atoms with van der Waals surface area (Å²) >= 11 is 0. The van der Waals surface area contributed by atoms with Crippen LogP contribution in [-0.2, 0) is 0 Å². The van der Waals surface area contributed by atoms with Gasteiger partial charge in [-0.2, -0.15) is 4.98 Å². The average Bonchev–Trinajstić information content (AvgIpc) is 4.23. The Bertz CT molecular complexity index is 3100. The summed E-state index contributed by atoms with van der Waals surface area (Å²) in [5.41, 5.74) is 12.8. The van der Waals surface area contributed by atoms with E-state index in [0.29, 0.717) is 57.0 Å². The molecule has 0 unspecified atom stereocenters. The van der Waals surface area contributed by atoms with Crippen molar-refractivity contribution in [3.8, 4) is 23.0 Å². The second kappa shape index (κ2) is 34.5. The van der Waals surface area contributed by atoms with Gasteiger partial charge >= 0.3 is 5.97 Å². The number of carbonyl (C=O) groups excluding carboxylic acids is 2. The molecule has 0 bridgehead atoms. The van der Waals surface area contributed by atoms with E-state index in [4.69, 9.17) is 66.3 Å². The molecule has 74 heavy (non-hydrogen) atoms. The largest absolute Gasteiger partial charge is 0.477 e. The van der Waals surface area contributed by atoms with Gasteiger partial charge in [0.15, 0.2) is 5.84 Å². The third-order valence-electron chi connectivity index (χ3n) is 9.13. The zero-order valence-electron chi connectivity index (χ0n) is 37.2. The highest BCUT2D eigenvalue weighted by Gasteiger charge is 2.17. The minimum atomic E-state index is -0.990. The summed E-state index contributed by atoms with van der Waals surface area (Å²) in [5, 5.41) is 29.9. The zero-order chi connectivity index (χ0) is 53.6. The maximum atomic E-state index is 12.8. The van der Waals surface area contributed by atoms with Crippen molar-refractivity contribution in [1.82, 2.24) is 38.9 Å². The summed E-state index contributed by atoms with van der Waals surface area (Å²) in [6.45, 7) is 3.78. The number of amides is 2. The third-order valence-corrected chi connectivity index (χ3v) is 9.13. The maximum absolute atomic E-state index is 12.8. The number of anilines is 2. The van der Waals surface area contributed by atoms with Crippen molar-refractivity contribution in [2.45, 2.75) is 21.3 Å². The molecule has 0 aliphatic rings. The van der Waals surface area contributed by atoms with Crippen LogP contribution in [0.2, 0.25) is 0 Å². The molecule has 394 valence electrons. The van der Waals surface area contributed by atoms with Crippen molar-refractivity contribution < 1.29 is 79.7 Å². The highest BCUT2D eigenvalue weighted by atomic mass is 20.0. The number of carboxylic acids is 1. The van der Waals surface area contributed by atoms with Crippen LogP contribution in [0.1, 0.15) is 55.6 Å². The third kappa shape index (κ3) is 17.5. The van der Waals surface area contributed by atoms with Crippen LogP contribution >= 0.6 is 0 Å². The van der Waals surface area contributed by atoms with Crippen LogP contribution in [0.15, 0.2) is 156 Å². The Labute approximate surface area is 410 Å². The molecule has 7 aromatic heterocycles. The molecule has 2 aromatic carbocycles. The lowest BCUT2D eigenvalue weighted by Crippen LogP contribution is -2.17. The Hall–Kier alpha value is -9.83. The molecule has 0 saturated heterocycles. The van der Waals surface area contributed by atoms with E-state index < -0.39 is 5.97 Å². The number of carboxylic acid groups (broad SMARTS) is 1. The molecule has 0 fully saturated rings. The molecule has 0 aliphatic heterocycles. The SMILES string of the molecule is C.Cc1ccc(-c2noc(-c3ccccn3)n2)cc1NC(=O)c1cnc2ccccn12.Cc1ccc(/C(N)=N/O)cc1NC(=O)c1cnc2ccccn12.F.FF.FF.FF.FF.FF.O=C(O)c1ccccn1. The number of nitrogens with two attached hydrogens (primary N) is 1. The first-order valence-corrected chi connectivity index (χ1v) is 19.4. The first-order chi connectivity index (χ1) is 35.1. The van der Waals surface area contributed by atoms with Gasteiger partial charge in [-0.15, -0.1) is 0 Å². The summed E-state index contributed by atoms with van der Waals surface area (Å²) in [6.07, 6.45) is 9.77. The molecule has 0 spiro atoms. The lowest BCUT2D eigenvalue weighted by atomic mass is 10.1. The quantitative estimate of drug-likeness (QED) is 0.0312. The van der Waals surface area contributed by atoms with Gasteiger partial charge in [0.25, 0.3) is 17.7 Å². The summed E-state index contributed by atoms with van der Waals surface area (Å²) < 4.78 is 88.8. The number of pyridine rings is 4. The van der Waals surface area contributed by atoms with Gasteiger partial charge in [0.1, 0.15) is 34.1 Å². The molecule has 0 aliphatic carbocycles. The molecular formula is C45H41F11N12O6. The molecule has 0 saturated carbocycles. The van der Waals surface area contributed by atoms with E-state index in [2.05, 4.69) is 45.9 Å². The van der Waals surface area contributed by atoms with E-state index in [1.165, 1.54) is 18.5 Å². The molecule has 29 heteroatoms. The molecule has 9 aromatic rings. The Balaban J connectivity index is 0.00000107. The highest BCUT2D eigenvalue weighted by Crippen LogP contribution is 2.26. The monoisotopic (exact) mass is 1050 g/mol. The number of aryl methyl sites for hydroxylation is 2. The van der Waals surface area contributed by atoms with Crippen LogP contribution in [0, 0.1) is 13.8 Å². The van der Waals surface area contributed by atoms with Crippen molar-refractivity contribution in [3.63, 3.8) is 0 Å². The minimum absolute atomic E-state index is 0. The topological polar surface area (TPSA) is 253 Å². The number of hydrogen-bond acceptors (Lipinski definition) is 12. The van der Waals surface area contributed by atoms with Crippen molar-refractivity contribution in [2.24, 2.45) is 10.9 Å². The number of aromatic nitrogens is 8. The molecule has 7 heterocycles. The Kier molecular flexibility index (Phi) is 29.9. The van der Waals surface area contributed by atoms with Crippen LogP contribution in [0.4, 0.5) is 61.8 Å². The second-order valence-corrected chi connectivity index (χ2v) is 13.3. The number of carbonyl (C=O) groups is 3. The fraction of sp³-hybridized carbons (Fsp3) is 0.0667. The minimum Gasteiger partial charge on any atom is -0.477 e. The predicted octanol–water partition coefficient (Wildman–Crippen LogP) is 11.8. The summed E-state index contributed by atoms with van der Waals surface area (Å²) in [6, 6.07) is 32.1. The number of nitrogens with one attached hydrogen (secondary N) is 2. The number of aromatic carboxylic acids is 1. The number of rotatable bonds is 8. The second-order valence-electron chi connectivity index (χ2n) is 13.3. The fourth-order valence-corrected chi connectivity index (χ4v) is 5.87. The summed E-state index contributed by atoms with van der Waals surface area (Å²) in [4.78, 5) is 56.2. The molecule has 0 atom stereocenters. The first-order valence-electron chi connectivity index (χ1n) is 19.4. The normalized spacial score (nSPS) is 9.54. The molecule has 6 N–H and O–H groups in total. The van der Waals surface area contributed by atoms with Gasteiger partial charge in [0.05, 0.1) is 12.4 Å². The zero-order valence-corrected chi connectivity index (χ0v) is 37.2. The Morgan fingerprint density at radius 1 is 0.635 bits per heavy atom. The van der Waals surface area contributed by atoms with Gasteiger partial charge in [-0.05, 0) is 85.6 Å². The molecule has 18 nitrogen and oxygen atoms in total. The van der Waals surface area contributed by atoms with Gasteiger partial charge in [0, 0.05) is 93.0 Å². The highest BCUT2D eigenvalue weighted by molar-refractivity contribution is 6.05. The lowest BCUT2D eigenvalue weighted by Gasteiger charge is -2.10. The molecule has 9 rings (SSSR count). The van der Waals surface area contributed by atoms with Crippen molar-refractivity contribution in [3.05, 3.63) is 180 Å². The smallest absolute Gasteiger partial charge is 0.354 e. The number of benzene rings is 2. The van der Waals surface area contributed by atoms with E-state index >= 15 is 0 Å². The average molecular weight is 1050 g/mol. The number of imidazole rings is 2. The number of hydrogen-bond donors (Lipinski definition) is 5. The molecule has 2 amide bonds. The number of fused-ring (bicyclic) bond motifs is 2. The number of nitrogens with zero attached hydrogens (tertiary/aromatic N) is 9. The Morgan fingerprint density at radius 2 is 1.12 bits per heavy atom. The number of amidine groups is 1. The molecule has 0 radical (unpaired) electrons. The number of halogens is 11. The Morgan fingerprint density at radius 3 is 1.58 bits per heavy atom. The predicted molar refractivity (Wildman–Crippen MR) is 249 cm³/mol. The number of oxime groups is 1. The van der Waals surface area contributed by atoms with Crippen LogP contribution in [-0.4, -0.2) is 72.8 Å². The summed E-state index contributed by atoms with van der Waals surface area (Å²) in [7, 11) is 0. The van der Waals surface area contributed by atoms with E-state index in [1.54, 1.807) is 70.0 Å². The van der Waals surface area contributed by atoms with Crippen LogP contribution in [0.3, 0.4) is 0 Å². The first kappa shape index (κ1) is 64.2. The van der Waals surface area contributed by atoms with Gasteiger partial charge < -0.3 is 31.2 Å². The van der Waals surface area contributed by atoms with Gasteiger partial charge in [-0.25, -0.2) is 19.7 Å². The van der Waals surface area contributed by atoms with Crippen LogP contribution in [0.5, 0.6) is 0 Å². The maximum Gasteiger partial charge on any atom is 0.354 e. The van der Waals surface area contributed by atoms with Gasteiger partial charge in [-0.1, -0.05) is 66.3 Å². The van der Waals surface area contributed by atoms with Crippen molar-refractivity contribution in [1.29, 1.82) is 0 Å². The van der Waals surface area contributed by atoms with Gasteiger partial charge in [-0.3, -0.25) is 28.1 Å². The standard InChI is InChI=1S/C22H16N6O2.C16H15N5O2.C6H5NO2.CH4.5F2.FH/c1-14-8-9-15(20-26-22(30-27-20)16-6-2-4-10-23-16)12-17(14)25-21(29)18-13-24-19-7-3-5-11-28(18)19;1-10-5-6-11(15(17)20-23)8-12(10)19-16(22)13-9-18-14-4-2-3-7-21(13)14;8-6(9)5-3-1-2-4-7-5;;5*1-2;/h2-13H,1H3,(H,25,29);2-9,23H,1H3,(H2,17,20)(H,19,22);1-4H,(H,8,9);1H4;;;;;;1H. The van der Waals surface area contributed by atoms with Gasteiger partial charge in [0.2, 0.25) is 5.82 Å². The lowest BCUT2D eigenvalue weighted by molar-refractivity contribution is 0.0690. The van der Waals surface area contributed by atoms with E-state index in [-0.39, 0.29) is 35.5 Å². The van der Waals surface area contributed by atoms with E-state index in [9.17, 15) is 14.4 Å². The van der Waals surface area contributed by atoms with E-state index in [1.807, 2.05) is 80.6 Å². The summed E-state index contributed by atoms with van der Waals surface area (Å²) in [5.74, 6) is -0.797. The van der Waals surface area contributed by atoms with Crippen molar-refractivity contribution in [2.75, 3.05) is 10.6 Å². The van der Waals surface area contributed by atoms with Crippen molar-refractivity contribution >= 4 is 46.3 Å².